The number of carbonyl (C=O) groups is 1. The minimum atomic E-state index is -0.525. The highest BCUT2D eigenvalue weighted by molar-refractivity contribution is 9.10. The number of hydrogen-bond acceptors (Lipinski definition) is 3. The summed E-state index contributed by atoms with van der Waals surface area (Å²) in [6.07, 6.45) is 1.51. The van der Waals surface area contributed by atoms with Gasteiger partial charge in [0.15, 0.2) is 6.10 Å². The van der Waals surface area contributed by atoms with E-state index >= 15 is 0 Å². The predicted molar refractivity (Wildman–Crippen MR) is 80.0 cm³/mol. The fourth-order valence-corrected chi connectivity index (χ4v) is 2.01. The average Bonchev–Trinajstić information content (AvgIpc) is 2.40. The van der Waals surface area contributed by atoms with Gasteiger partial charge in [-0.05, 0) is 31.5 Å². The van der Waals surface area contributed by atoms with Crippen molar-refractivity contribution in [2.75, 3.05) is 6.54 Å². The summed E-state index contributed by atoms with van der Waals surface area (Å²) in [4.78, 5) is 11.8. The van der Waals surface area contributed by atoms with Gasteiger partial charge in [0, 0.05) is 23.1 Å². The van der Waals surface area contributed by atoms with Gasteiger partial charge in [0.2, 0.25) is 0 Å². The van der Waals surface area contributed by atoms with Gasteiger partial charge in [0.05, 0.1) is 0 Å². The van der Waals surface area contributed by atoms with Crippen molar-refractivity contribution >= 4 is 21.8 Å². The summed E-state index contributed by atoms with van der Waals surface area (Å²) >= 11 is 3.38. The third-order valence-corrected chi connectivity index (χ3v) is 3.24. The fraction of sp³-hybridized carbons (Fsp3) is 0.500. The van der Waals surface area contributed by atoms with Gasteiger partial charge in [-0.3, -0.25) is 4.79 Å². The molecule has 1 aromatic rings. The Labute approximate surface area is 122 Å². The molecule has 0 radical (unpaired) electrons. The molecule has 0 saturated carbocycles. The summed E-state index contributed by atoms with van der Waals surface area (Å²) in [6.45, 7) is 4.89. The maximum Gasteiger partial charge on any atom is 0.260 e. The van der Waals surface area contributed by atoms with Crippen molar-refractivity contribution in [2.45, 2.75) is 39.3 Å². The lowest BCUT2D eigenvalue weighted by Gasteiger charge is -2.17. The van der Waals surface area contributed by atoms with E-state index in [2.05, 4.69) is 28.2 Å². The Bertz CT molecular complexity index is 424. The quantitative estimate of drug-likeness (QED) is 0.756. The van der Waals surface area contributed by atoms with E-state index in [1.807, 2.05) is 18.2 Å². The molecule has 0 aromatic heterocycles. The number of benzene rings is 1. The number of unbranched alkanes of at least 4 members (excludes halogenated alkanes) is 1. The Morgan fingerprint density at radius 2 is 2.26 bits per heavy atom. The molecule has 106 valence electrons. The minimum Gasteiger partial charge on any atom is -0.481 e. The third kappa shape index (κ3) is 5.20. The molecule has 0 saturated heterocycles. The van der Waals surface area contributed by atoms with Crippen LogP contribution in [0.25, 0.3) is 0 Å². The molecule has 0 heterocycles. The second kappa shape index (κ2) is 8.17. The molecule has 0 aliphatic rings. The number of nitrogens with one attached hydrogen (secondary N) is 1. The molecule has 3 N–H and O–H groups in total. The van der Waals surface area contributed by atoms with Gasteiger partial charge in [0.25, 0.3) is 5.91 Å². The van der Waals surface area contributed by atoms with E-state index in [1.165, 1.54) is 0 Å². The van der Waals surface area contributed by atoms with Crippen LogP contribution in [0.2, 0.25) is 0 Å². The Morgan fingerprint density at radius 1 is 1.53 bits per heavy atom. The van der Waals surface area contributed by atoms with Crippen molar-refractivity contribution in [1.82, 2.24) is 5.32 Å². The zero-order chi connectivity index (χ0) is 14.3. The summed E-state index contributed by atoms with van der Waals surface area (Å²) in [5.74, 6) is 0.559. The number of ether oxygens (including phenoxy) is 1. The van der Waals surface area contributed by atoms with Crippen molar-refractivity contribution in [1.29, 1.82) is 0 Å². The standard InChI is InChI=1S/C14H21BrN2O2/c1-3-4-7-17-14(18)10(2)19-13-6-5-12(15)8-11(13)9-16/h5-6,8,10H,3-4,7,9,16H2,1-2H3,(H,17,18). The van der Waals surface area contributed by atoms with Gasteiger partial charge in [0.1, 0.15) is 5.75 Å². The lowest BCUT2D eigenvalue weighted by molar-refractivity contribution is -0.127. The lowest BCUT2D eigenvalue weighted by atomic mass is 10.2. The number of hydrogen-bond donors (Lipinski definition) is 2. The zero-order valence-corrected chi connectivity index (χ0v) is 13.0. The average molecular weight is 329 g/mol. The van der Waals surface area contributed by atoms with Gasteiger partial charge < -0.3 is 15.8 Å². The summed E-state index contributed by atoms with van der Waals surface area (Å²) in [5, 5.41) is 2.85. The number of carbonyl (C=O) groups excluding carboxylic acids is 1. The second-order valence-corrected chi connectivity index (χ2v) is 5.28. The highest BCUT2D eigenvalue weighted by Crippen LogP contribution is 2.23. The molecule has 0 bridgehead atoms. The van der Waals surface area contributed by atoms with Crippen molar-refractivity contribution < 1.29 is 9.53 Å². The van der Waals surface area contributed by atoms with Crippen molar-refractivity contribution in [3.8, 4) is 5.75 Å². The van der Waals surface area contributed by atoms with E-state index < -0.39 is 6.10 Å². The topological polar surface area (TPSA) is 64.3 Å². The summed E-state index contributed by atoms with van der Waals surface area (Å²) < 4.78 is 6.62. The lowest BCUT2D eigenvalue weighted by Crippen LogP contribution is -2.37. The predicted octanol–water partition coefficient (Wildman–Crippen LogP) is 2.59. The first kappa shape index (κ1) is 16.0. The summed E-state index contributed by atoms with van der Waals surface area (Å²) in [6, 6.07) is 5.59. The molecule has 1 amide bonds. The Balaban J connectivity index is 2.60. The molecule has 4 nitrogen and oxygen atoms in total. The van der Waals surface area contributed by atoms with Crippen LogP contribution in [0.5, 0.6) is 5.75 Å². The van der Waals surface area contributed by atoms with Gasteiger partial charge in [-0.2, -0.15) is 0 Å². The van der Waals surface area contributed by atoms with Crippen LogP contribution in [0, 0.1) is 0 Å². The molecular weight excluding hydrogens is 308 g/mol. The monoisotopic (exact) mass is 328 g/mol. The van der Waals surface area contributed by atoms with Crippen molar-refractivity contribution in [3.05, 3.63) is 28.2 Å². The molecule has 19 heavy (non-hydrogen) atoms. The first-order valence-corrected chi connectivity index (χ1v) is 7.30. The first-order valence-electron chi connectivity index (χ1n) is 6.51. The maximum atomic E-state index is 11.8. The molecule has 1 aromatic carbocycles. The van der Waals surface area contributed by atoms with Crippen LogP contribution < -0.4 is 15.8 Å². The maximum absolute atomic E-state index is 11.8. The van der Waals surface area contributed by atoms with Crippen LogP contribution in [0.4, 0.5) is 0 Å². The van der Waals surface area contributed by atoms with Crippen molar-refractivity contribution in [2.24, 2.45) is 5.73 Å². The van der Waals surface area contributed by atoms with Crippen LogP contribution in [0.15, 0.2) is 22.7 Å². The van der Waals surface area contributed by atoms with E-state index in [1.54, 1.807) is 6.92 Å². The molecule has 5 heteroatoms. The molecule has 1 atom stereocenters. The van der Waals surface area contributed by atoms with Gasteiger partial charge in [-0.1, -0.05) is 29.3 Å². The first-order chi connectivity index (χ1) is 9.08. The van der Waals surface area contributed by atoms with Crippen LogP contribution in [-0.2, 0) is 11.3 Å². The van der Waals surface area contributed by atoms with E-state index in [0.717, 1.165) is 22.9 Å². The van der Waals surface area contributed by atoms with Crippen LogP contribution in [-0.4, -0.2) is 18.6 Å². The van der Waals surface area contributed by atoms with Crippen molar-refractivity contribution in [3.63, 3.8) is 0 Å². The van der Waals surface area contributed by atoms with E-state index in [0.29, 0.717) is 18.8 Å². The number of halogens is 1. The Kier molecular flexibility index (Phi) is 6.87. The van der Waals surface area contributed by atoms with E-state index in [-0.39, 0.29) is 5.91 Å². The Morgan fingerprint density at radius 3 is 2.89 bits per heavy atom. The molecule has 0 spiro atoms. The molecular formula is C14H21BrN2O2. The fourth-order valence-electron chi connectivity index (χ4n) is 1.60. The Hall–Kier alpha value is -1.07. The van der Waals surface area contributed by atoms with Gasteiger partial charge in [-0.15, -0.1) is 0 Å². The van der Waals surface area contributed by atoms with Crippen LogP contribution in [0.1, 0.15) is 32.3 Å². The number of amides is 1. The van der Waals surface area contributed by atoms with E-state index in [4.69, 9.17) is 10.5 Å². The smallest absolute Gasteiger partial charge is 0.260 e. The normalized spacial score (nSPS) is 12.0. The second-order valence-electron chi connectivity index (χ2n) is 4.36. The van der Waals surface area contributed by atoms with Gasteiger partial charge >= 0.3 is 0 Å². The number of nitrogens with two attached hydrogens (primary N) is 1. The summed E-state index contributed by atoms with van der Waals surface area (Å²) in [5.41, 5.74) is 6.55. The third-order valence-electron chi connectivity index (χ3n) is 2.74. The highest BCUT2D eigenvalue weighted by atomic mass is 79.9. The van der Waals surface area contributed by atoms with Crippen LogP contribution in [0.3, 0.4) is 0 Å². The number of rotatable bonds is 7. The SMILES string of the molecule is CCCCNC(=O)C(C)Oc1ccc(Br)cc1CN. The summed E-state index contributed by atoms with van der Waals surface area (Å²) in [7, 11) is 0. The van der Waals surface area contributed by atoms with Crippen LogP contribution >= 0.6 is 15.9 Å². The molecule has 1 unspecified atom stereocenters. The molecule has 0 aliphatic heterocycles. The molecule has 0 aliphatic carbocycles. The molecule has 0 fully saturated rings. The highest BCUT2D eigenvalue weighted by Gasteiger charge is 2.15. The minimum absolute atomic E-state index is 0.0978. The molecule has 1 rings (SSSR count). The zero-order valence-electron chi connectivity index (χ0n) is 11.4. The largest absolute Gasteiger partial charge is 0.481 e. The van der Waals surface area contributed by atoms with Gasteiger partial charge in [-0.25, -0.2) is 0 Å². The van der Waals surface area contributed by atoms with E-state index in [9.17, 15) is 4.79 Å².